The van der Waals surface area contributed by atoms with E-state index in [1.54, 1.807) is 0 Å². The maximum atomic E-state index is 10.7. The van der Waals surface area contributed by atoms with Crippen molar-refractivity contribution in [2.75, 3.05) is 0 Å². The van der Waals surface area contributed by atoms with E-state index in [1.807, 2.05) is 0 Å². The molecule has 26 heavy (non-hydrogen) atoms. The molecule has 0 saturated carbocycles. The van der Waals surface area contributed by atoms with Gasteiger partial charge in [-0.2, -0.15) is 0 Å². The minimum atomic E-state index is -3.56. The second-order valence-corrected chi connectivity index (χ2v) is 11.2. The van der Waals surface area contributed by atoms with Crippen molar-refractivity contribution < 1.29 is 16.8 Å². The third-order valence-electron chi connectivity index (χ3n) is 2.55. The van der Waals surface area contributed by atoms with Gasteiger partial charge in [0.25, 0.3) is 0 Å². The van der Waals surface area contributed by atoms with Gasteiger partial charge in [0.05, 0.1) is 11.5 Å². The Balaban J connectivity index is 0.000000260. The van der Waals surface area contributed by atoms with Gasteiger partial charge in [0.15, 0.2) is 0 Å². The van der Waals surface area contributed by atoms with Crippen LogP contribution in [0.1, 0.15) is 11.1 Å². The lowest BCUT2D eigenvalue weighted by molar-refractivity contribution is 0.596. The zero-order valence-corrected chi connectivity index (χ0v) is 18.2. The van der Waals surface area contributed by atoms with Crippen LogP contribution in [-0.2, 0) is 30.6 Å². The number of halogens is 5. The molecule has 0 aliphatic rings. The van der Waals surface area contributed by atoms with Crippen molar-refractivity contribution >= 4 is 76.2 Å². The number of hydrogen-bond donors (Lipinski definition) is 1. The van der Waals surface area contributed by atoms with Crippen molar-refractivity contribution in [2.45, 2.75) is 11.5 Å². The van der Waals surface area contributed by atoms with Crippen LogP contribution in [0.5, 0.6) is 0 Å². The highest BCUT2D eigenvalue weighted by Crippen LogP contribution is 2.21. The first-order chi connectivity index (χ1) is 11.7. The average Bonchev–Trinajstić information content (AvgIpc) is 2.31. The summed E-state index contributed by atoms with van der Waals surface area (Å²) in [6.45, 7) is 0. The molecule has 144 valence electrons. The second-order valence-electron chi connectivity index (χ2n) is 5.05. The van der Waals surface area contributed by atoms with Gasteiger partial charge in [-0.05, 0) is 47.5 Å². The Morgan fingerprint density at radius 1 is 0.654 bits per heavy atom. The molecule has 2 rings (SSSR count). The Morgan fingerprint density at radius 2 is 0.962 bits per heavy atom. The second kappa shape index (κ2) is 9.80. The molecule has 0 fully saturated rings. The first-order valence-electron chi connectivity index (χ1n) is 6.56. The van der Waals surface area contributed by atoms with Crippen molar-refractivity contribution in [2.24, 2.45) is 5.14 Å². The lowest BCUT2D eigenvalue weighted by atomic mass is 10.2. The van der Waals surface area contributed by atoms with Crippen LogP contribution in [0, 0.1) is 0 Å². The number of rotatable bonds is 4. The van der Waals surface area contributed by atoms with Crippen LogP contribution in [0.3, 0.4) is 0 Å². The van der Waals surface area contributed by atoms with Gasteiger partial charge in [0.2, 0.25) is 19.1 Å². The highest BCUT2D eigenvalue weighted by atomic mass is 35.7. The molecule has 0 aliphatic heterocycles. The molecule has 0 unspecified atom stereocenters. The third-order valence-corrected chi connectivity index (χ3v) is 5.17. The van der Waals surface area contributed by atoms with E-state index in [9.17, 15) is 16.8 Å². The van der Waals surface area contributed by atoms with Gasteiger partial charge < -0.3 is 0 Å². The summed E-state index contributed by atoms with van der Waals surface area (Å²) in [7, 11) is -2.03. The molecule has 0 aliphatic carbocycles. The Hall–Kier alpha value is -0.250. The molecule has 0 aromatic heterocycles. The molecular formula is C14H12Cl5NO4S2. The van der Waals surface area contributed by atoms with Crippen molar-refractivity contribution in [3.05, 3.63) is 67.6 Å². The molecule has 0 heterocycles. The lowest BCUT2D eigenvalue weighted by Crippen LogP contribution is -2.14. The van der Waals surface area contributed by atoms with Crippen molar-refractivity contribution in [1.82, 2.24) is 0 Å². The monoisotopic (exact) mass is 497 g/mol. The van der Waals surface area contributed by atoms with Crippen LogP contribution in [0.15, 0.2) is 36.4 Å². The molecule has 0 radical (unpaired) electrons. The molecular weight excluding hydrogens is 488 g/mol. The first kappa shape index (κ1) is 23.8. The van der Waals surface area contributed by atoms with E-state index in [2.05, 4.69) is 0 Å². The zero-order valence-electron chi connectivity index (χ0n) is 12.8. The fraction of sp³-hybridized carbons (Fsp3) is 0.143. The van der Waals surface area contributed by atoms with Crippen molar-refractivity contribution in [3.8, 4) is 0 Å². The zero-order chi connectivity index (χ0) is 20.1. The molecule has 12 heteroatoms. The fourth-order valence-electron chi connectivity index (χ4n) is 1.82. The van der Waals surface area contributed by atoms with E-state index < -0.39 is 19.1 Å². The molecule has 0 spiro atoms. The van der Waals surface area contributed by atoms with Gasteiger partial charge in [-0.25, -0.2) is 22.0 Å². The topological polar surface area (TPSA) is 94.3 Å². The number of nitrogens with two attached hydrogens (primary N) is 1. The summed E-state index contributed by atoms with van der Waals surface area (Å²) >= 11 is 22.6. The summed E-state index contributed by atoms with van der Waals surface area (Å²) in [4.78, 5) is 0. The maximum Gasteiger partial charge on any atom is 0.236 e. The summed E-state index contributed by atoms with van der Waals surface area (Å²) in [5.41, 5.74) is 0.965. The lowest BCUT2D eigenvalue weighted by Gasteiger charge is -2.00. The van der Waals surface area contributed by atoms with Crippen LogP contribution in [0.4, 0.5) is 0 Å². The normalized spacial score (nSPS) is 11.6. The molecule has 5 nitrogen and oxygen atoms in total. The van der Waals surface area contributed by atoms with Crippen molar-refractivity contribution in [1.29, 1.82) is 0 Å². The summed E-state index contributed by atoms with van der Waals surface area (Å²) < 4.78 is 42.8. The van der Waals surface area contributed by atoms with E-state index in [-0.39, 0.29) is 11.5 Å². The number of sulfonamides is 1. The minimum Gasteiger partial charge on any atom is -0.228 e. The summed E-state index contributed by atoms with van der Waals surface area (Å²) in [6.07, 6.45) is 0. The molecule has 2 aromatic carbocycles. The molecule has 2 N–H and O–H groups in total. The van der Waals surface area contributed by atoms with E-state index in [4.69, 9.17) is 62.2 Å². The van der Waals surface area contributed by atoms with Gasteiger partial charge in [-0.3, -0.25) is 0 Å². The smallest absolute Gasteiger partial charge is 0.228 e. The van der Waals surface area contributed by atoms with Gasteiger partial charge >= 0.3 is 0 Å². The first-order valence-corrected chi connectivity index (χ1v) is 12.3. The van der Waals surface area contributed by atoms with Gasteiger partial charge in [-0.15, -0.1) is 0 Å². The predicted molar refractivity (Wildman–Crippen MR) is 108 cm³/mol. The SMILES string of the molecule is NS(=O)(=O)Cc1cc(Cl)cc(Cl)c1.O=S(=O)(Cl)Cc1cc(Cl)cc(Cl)c1. The minimum absolute atomic E-state index is 0.257. The van der Waals surface area contributed by atoms with Gasteiger partial charge in [0.1, 0.15) is 0 Å². The van der Waals surface area contributed by atoms with Gasteiger partial charge in [0, 0.05) is 30.8 Å². The van der Waals surface area contributed by atoms with Crippen LogP contribution in [0.2, 0.25) is 20.1 Å². The fourth-order valence-corrected chi connectivity index (χ4v) is 4.54. The van der Waals surface area contributed by atoms with Crippen molar-refractivity contribution in [3.63, 3.8) is 0 Å². The van der Waals surface area contributed by atoms with E-state index in [1.165, 1.54) is 36.4 Å². The standard InChI is InChI=1S/C7H5Cl3O2S.C7H7Cl2NO2S/c2*8-6-1-5(2-7(9)3-6)4-13(10,11)12/h1-3H,4H2;1-3H,4H2,(H2,10,11,12). The molecule has 0 atom stereocenters. The quantitative estimate of drug-likeness (QED) is 0.609. The average molecular weight is 500 g/mol. The maximum absolute atomic E-state index is 10.7. The number of benzene rings is 2. The Labute approximate surface area is 176 Å². The predicted octanol–water partition coefficient (Wildman–Crippen LogP) is 4.84. The van der Waals surface area contributed by atoms with Crippen LogP contribution in [-0.4, -0.2) is 16.8 Å². The van der Waals surface area contributed by atoms with E-state index >= 15 is 0 Å². The van der Waals surface area contributed by atoms with E-state index in [0.29, 0.717) is 31.2 Å². The Morgan fingerprint density at radius 3 is 1.23 bits per heavy atom. The molecule has 2 aromatic rings. The van der Waals surface area contributed by atoms with Gasteiger partial charge in [-0.1, -0.05) is 46.4 Å². The highest BCUT2D eigenvalue weighted by molar-refractivity contribution is 8.13. The van der Waals surface area contributed by atoms with Crippen LogP contribution < -0.4 is 5.14 Å². The summed E-state index contributed by atoms with van der Waals surface area (Å²) in [6, 6.07) is 9.08. The molecule has 0 bridgehead atoms. The number of primary sulfonamides is 1. The summed E-state index contributed by atoms with van der Waals surface area (Å²) in [5.74, 6) is -0.526. The number of hydrogen-bond acceptors (Lipinski definition) is 4. The summed E-state index contributed by atoms with van der Waals surface area (Å²) in [5, 5.41) is 6.43. The van der Waals surface area contributed by atoms with Crippen LogP contribution >= 0.6 is 57.1 Å². The third kappa shape index (κ3) is 10.8. The highest BCUT2D eigenvalue weighted by Gasteiger charge is 2.08. The largest absolute Gasteiger partial charge is 0.236 e. The molecule has 0 saturated heterocycles. The van der Waals surface area contributed by atoms with Crippen LogP contribution in [0.25, 0.3) is 0 Å². The van der Waals surface area contributed by atoms with E-state index in [0.717, 1.165) is 0 Å². The Kier molecular flexibility index (Phi) is 8.96. The molecule has 0 amide bonds. The Bertz CT molecular complexity index is 872.